The van der Waals surface area contributed by atoms with E-state index in [4.69, 9.17) is 14.2 Å². The molecule has 0 atom stereocenters. The van der Waals surface area contributed by atoms with Crippen molar-refractivity contribution in [3.63, 3.8) is 0 Å². The van der Waals surface area contributed by atoms with Gasteiger partial charge in [0.05, 0.1) is 6.61 Å². The van der Waals surface area contributed by atoms with Crippen LogP contribution in [0, 0.1) is 0 Å². The summed E-state index contributed by atoms with van der Waals surface area (Å²) in [4.78, 5) is 11.2. The van der Waals surface area contributed by atoms with Crippen LogP contribution in [0.2, 0.25) is 0 Å². The molecule has 1 aromatic carbocycles. The van der Waals surface area contributed by atoms with Gasteiger partial charge in [0.1, 0.15) is 5.75 Å². The molecule has 0 aliphatic heterocycles. The fourth-order valence-corrected chi connectivity index (χ4v) is 1.22. The van der Waals surface area contributed by atoms with Crippen molar-refractivity contribution in [1.82, 2.24) is 0 Å². The zero-order valence-electron chi connectivity index (χ0n) is 10.0. The lowest BCUT2D eigenvalue weighted by molar-refractivity contribution is -0.137. The Morgan fingerprint density at radius 2 is 2.12 bits per heavy atom. The van der Waals surface area contributed by atoms with E-state index in [1.165, 1.54) is 6.08 Å². The summed E-state index contributed by atoms with van der Waals surface area (Å²) in [5, 5.41) is 0. The molecular weight excluding hydrogens is 220 g/mol. The van der Waals surface area contributed by atoms with E-state index < -0.39 is 0 Å². The number of hydrogen-bond donors (Lipinski definition) is 0. The van der Waals surface area contributed by atoms with Crippen molar-refractivity contribution in [3.05, 3.63) is 35.9 Å². The van der Waals surface area contributed by atoms with Crippen LogP contribution in [0.5, 0.6) is 5.75 Å². The minimum atomic E-state index is -0.367. The molecule has 92 valence electrons. The van der Waals surface area contributed by atoms with Gasteiger partial charge in [0, 0.05) is 18.7 Å². The lowest BCUT2D eigenvalue weighted by Gasteiger charge is -2.07. The van der Waals surface area contributed by atoms with Gasteiger partial charge in [0.15, 0.2) is 6.79 Å². The van der Waals surface area contributed by atoms with Crippen molar-refractivity contribution in [2.24, 2.45) is 0 Å². The molecule has 1 rings (SSSR count). The first-order valence-corrected chi connectivity index (χ1v) is 5.33. The maximum atomic E-state index is 11.2. The number of rotatable bonds is 6. The van der Waals surface area contributed by atoms with E-state index in [2.05, 4.69) is 0 Å². The fraction of sp³-hybridized carbons (Fsp3) is 0.308. The summed E-state index contributed by atoms with van der Waals surface area (Å²) in [5.41, 5.74) is 0.803. The third kappa shape index (κ3) is 4.70. The summed E-state index contributed by atoms with van der Waals surface area (Å²) in [5.74, 6) is 0.295. The van der Waals surface area contributed by atoms with Crippen LogP contribution in [0.15, 0.2) is 30.3 Å². The van der Waals surface area contributed by atoms with Crippen LogP contribution < -0.4 is 4.74 Å². The number of esters is 1. The number of ether oxygens (including phenoxy) is 3. The van der Waals surface area contributed by atoms with E-state index in [0.717, 1.165) is 5.56 Å². The van der Waals surface area contributed by atoms with Gasteiger partial charge in [0.2, 0.25) is 0 Å². The normalized spacial score (nSPS) is 10.5. The molecule has 0 aliphatic rings. The van der Waals surface area contributed by atoms with Gasteiger partial charge in [-0.1, -0.05) is 18.2 Å². The first kappa shape index (κ1) is 13.3. The van der Waals surface area contributed by atoms with Crippen LogP contribution in [0.25, 0.3) is 6.08 Å². The Morgan fingerprint density at radius 3 is 2.82 bits per heavy atom. The highest BCUT2D eigenvalue weighted by atomic mass is 16.7. The van der Waals surface area contributed by atoms with Crippen LogP contribution in [0.4, 0.5) is 0 Å². The Morgan fingerprint density at radius 1 is 1.35 bits per heavy atom. The summed E-state index contributed by atoms with van der Waals surface area (Å²) >= 11 is 0. The molecule has 4 nitrogen and oxygen atoms in total. The van der Waals surface area contributed by atoms with Crippen LogP contribution >= 0.6 is 0 Å². The second-order valence-electron chi connectivity index (χ2n) is 3.17. The molecule has 0 amide bonds. The van der Waals surface area contributed by atoms with E-state index in [0.29, 0.717) is 12.4 Å². The van der Waals surface area contributed by atoms with Crippen LogP contribution in [0.1, 0.15) is 12.5 Å². The highest BCUT2D eigenvalue weighted by Crippen LogP contribution is 2.19. The summed E-state index contributed by atoms with van der Waals surface area (Å²) in [6.07, 6.45) is 3.03. The van der Waals surface area contributed by atoms with E-state index in [9.17, 15) is 4.79 Å². The van der Waals surface area contributed by atoms with Gasteiger partial charge < -0.3 is 14.2 Å². The molecule has 0 unspecified atom stereocenters. The Balaban J connectivity index is 2.72. The first-order valence-electron chi connectivity index (χ1n) is 5.33. The van der Waals surface area contributed by atoms with E-state index >= 15 is 0 Å². The molecule has 0 saturated heterocycles. The molecule has 0 bridgehead atoms. The molecular formula is C13H16O4. The van der Waals surface area contributed by atoms with Crippen molar-refractivity contribution < 1.29 is 19.0 Å². The lowest BCUT2D eigenvalue weighted by Crippen LogP contribution is -2.01. The van der Waals surface area contributed by atoms with Crippen molar-refractivity contribution in [2.75, 3.05) is 20.5 Å². The van der Waals surface area contributed by atoms with Crippen molar-refractivity contribution in [1.29, 1.82) is 0 Å². The third-order valence-corrected chi connectivity index (χ3v) is 1.94. The Bertz CT molecular complexity index is 385. The second kappa shape index (κ2) is 7.46. The maximum absolute atomic E-state index is 11.2. The highest BCUT2D eigenvalue weighted by molar-refractivity contribution is 5.87. The van der Waals surface area contributed by atoms with Gasteiger partial charge in [-0.05, 0) is 19.1 Å². The van der Waals surface area contributed by atoms with Gasteiger partial charge in [-0.25, -0.2) is 4.79 Å². The predicted molar refractivity (Wildman–Crippen MR) is 64.6 cm³/mol. The highest BCUT2D eigenvalue weighted by Gasteiger charge is 2.00. The van der Waals surface area contributed by atoms with E-state index in [1.54, 1.807) is 20.1 Å². The van der Waals surface area contributed by atoms with Crippen LogP contribution in [-0.4, -0.2) is 26.5 Å². The lowest BCUT2D eigenvalue weighted by atomic mass is 10.2. The summed E-state index contributed by atoms with van der Waals surface area (Å²) in [7, 11) is 1.55. The van der Waals surface area contributed by atoms with E-state index in [-0.39, 0.29) is 12.8 Å². The molecule has 0 aromatic heterocycles. The zero-order chi connectivity index (χ0) is 12.5. The molecule has 0 heterocycles. The maximum Gasteiger partial charge on any atom is 0.330 e. The van der Waals surface area contributed by atoms with E-state index in [1.807, 2.05) is 24.3 Å². The predicted octanol–water partition coefficient (Wildman–Crippen LogP) is 2.25. The molecule has 0 saturated carbocycles. The topological polar surface area (TPSA) is 44.8 Å². The summed E-state index contributed by atoms with van der Waals surface area (Å²) in [6.45, 7) is 2.30. The summed E-state index contributed by atoms with van der Waals surface area (Å²) < 4.78 is 15.0. The molecule has 0 N–H and O–H groups in total. The molecule has 0 radical (unpaired) electrons. The zero-order valence-corrected chi connectivity index (χ0v) is 10.0. The summed E-state index contributed by atoms with van der Waals surface area (Å²) in [6, 6.07) is 7.38. The quantitative estimate of drug-likeness (QED) is 0.431. The molecule has 1 aromatic rings. The largest absolute Gasteiger partial charge is 0.467 e. The molecule has 0 fully saturated rings. The van der Waals surface area contributed by atoms with Crippen LogP contribution in [-0.2, 0) is 14.3 Å². The molecule has 17 heavy (non-hydrogen) atoms. The SMILES string of the molecule is CCOC(=O)/C=C/c1ccccc1OCOC. The third-order valence-electron chi connectivity index (χ3n) is 1.94. The van der Waals surface area contributed by atoms with Gasteiger partial charge in [-0.2, -0.15) is 0 Å². The number of para-hydroxylation sites is 1. The van der Waals surface area contributed by atoms with Crippen molar-refractivity contribution in [2.45, 2.75) is 6.92 Å². The Hall–Kier alpha value is -1.81. The van der Waals surface area contributed by atoms with Gasteiger partial charge in [-0.15, -0.1) is 0 Å². The Labute approximate surface area is 101 Å². The van der Waals surface area contributed by atoms with Gasteiger partial charge in [0.25, 0.3) is 0 Å². The number of methoxy groups -OCH3 is 1. The Kier molecular flexibility index (Phi) is 5.82. The smallest absolute Gasteiger partial charge is 0.330 e. The average molecular weight is 236 g/mol. The molecule has 4 heteroatoms. The number of hydrogen-bond acceptors (Lipinski definition) is 4. The minimum Gasteiger partial charge on any atom is -0.467 e. The standard InChI is InChI=1S/C13H16O4/c1-3-16-13(14)9-8-11-6-4-5-7-12(11)17-10-15-2/h4-9H,3,10H2,1-2H3/b9-8+. The van der Waals surface area contributed by atoms with Crippen LogP contribution in [0.3, 0.4) is 0 Å². The fourth-order valence-electron chi connectivity index (χ4n) is 1.22. The van der Waals surface area contributed by atoms with Crippen molar-refractivity contribution >= 4 is 12.0 Å². The number of carbonyl (C=O) groups excluding carboxylic acids is 1. The average Bonchev–Trinajstić information content (AvgIpc) is 2.35. The molecule has 0 aliphatic carbocycles. The van der Waals surface area contributed by atoms with Crippen molar-refractivity contribution in [3.8, 4) is 5.75 Å². The molecule has 0 spiro atoms. The van der Waals surface area contributed by atoms with Gasteiger partial charge >= 0.3 is 5.97 Å². The number of carbonyl (C=O) groups is 1. The first-order chi connectivity index (χ1) is 8.27. The monoisotopic (exact) mass is 236 g/mol. The number of benzene rings is 1. The second-order valence-corrected chi connectivity index (χ2v) is 3.17. The van der Waals surface area contributed by atoms with Gasteiger partial charge in [-0.3, -0.25) is 0 Å². The minimum absolute atomic E-state index is 0.171.